The van der Waals surface area contributed by atoms with Crippen molar-refractivity contribution in [3.05, 3.63) is 101 Å². The standard InChI is InChI=1S/C25H18FNO2/c26-21-11-8-17(9-12-21)19-10-13-22(25(28)29)20(15-19)7-5-16-4-6-18-2-1-3-24(27)23(18)14-16/h1-15H,27H2,(H,28,29)/b7-5+. The van der Waals surface area contributed by atoms with Crippen LogP contribution in [0.1, 0.15) is 21.5 Å². The third kappa shape index (κ3) is 3.87. The Morgan fingerprint density at radius 1 is 0.862 bits per heavy atom. The molecular weight excluding hydrogens is 365 g/mol. The second kappa shape index (κ2) is 7.60. The average Bonchev–Trinajstić information content (AvgIpc) is 2.73. The van der Waals surface area contributed by atoms with Gasteiger partial charge in [-0.15, -0.1) is 0 Å². The first-order valence-electron chi connectivity index (χ1n) is 9.11. The molecule has 0 aliphatic heterocycles. The number of hydrogen-bond acceptors (Lipinski definition) is 2. The Kier molecular flexibility index (Phi) is 4.83. The van der Waals surface area contributed by atoms with Gasteiger partial charge in [0.05, 0.1) is 5.56 Å². The van der Waals surface area contributed by atoms with Crippen molar-refractivity contribution in [1.82, 2.24) is 0 Å². The zero-order valence-corrected chi connectivity index (χ0v) is 15.5. The van der Waals surface area contributed by atoms with E-state index in [0.29, 0.717) is 11.3 Å². The number of carboxylic acid groups (broad SMARTS) is 1. The Hall–Kier alpha value is -3.92. The Morgan fingerprint density at radius 3 is 2.38 bits per heavy atom. The molecule has 142 valence electrons. The number of hydrogen-bond donors (Lipinski definition) is 2. The summed E-state index contributed by atoms with van der Waals surface area (Å²) in [6.45, 7) is 0. The number of anilines is 1. The second-order valence-electron chi connectivity index (χ2n) is 6.78. The van der Waals surface area contributed by atoms with Gasteiger partial charge in [0, 0.05) is 11.1 Å². The highest BCUT2D eigenvalue weighted by molar-refractivity contribution is 5.97. The molecule has 0 spiro atoms. The summed E-state index contributed by atoms with van der Waals surface area (Å²) in [4.78, 5) is 11.6. The fourth-order valence-corrected chi connectivity index (χ4v) is 3.32. The van der Waals surface area contributed by atoms with Gasteiger partial charge in [-0.3, -0.25) is 0 Å². The van der Waals surface area contributed by atoms with Crippen LogP contribution >= 0.6 is 0 Å². The van der Waals surface area contributed by atoms with Crippen molar-refractivity contribution in [2.75, 3.05) is 5.73 Å². The normalized spacial score (nSPS) is 11.2. The third-order valence-corrected chi connectivity index (χ3v) is 4.85. The molecule has 0 unspecified atom stereocenters. The van der Waals surface area contributed by atoms with Crippen molar-refractivity contribution in [2.24, 2.45) is 0 Å². The quantitative estimate of drug-likeness (QED) is 0.331. The molecule has 0 atom stereocenters. The molecule has 4 heteroatoms. The van der Waals surface area contributed by atoms with Crippen molar-refractivity contribution in [3.8, 4) is 11.1 Å². The molecule has 0 radical (unpaired) electrons. The maximum Gasteiger partial charge on any atom is 0.336 e. The topological polar surface area (TPSA) is 63.3 Å². The SMILES string of the molecule is Nc1cccc2ccc(/C=C/c3cc(-c4ccc(F)cc4)ccc3C(=O)O)cc12. The highest BCUT2D eigenvalue weighted by atomic mass is 19.1. The lowest BCUT2D eigenvalue weighted by molar-refractivity contribution is 0.0696. The van der Waals surface area contributed by atoms with Crippen LogP contribution in [-0.4, -0.2) is 11.1 Å². The zero-order chi connectivity index (χ0) is 20.4. The summed E-state index contributed by atoms with van der Waals surface area (Å²) in [5, 5.41) is 11.5. The van der Waals surface area contributed by atoms with E-state index in [4.69, 9.17) is 5.73 Å². The summed E-state index contributed by atoms with van der Waals surface area (Å²) >= 11 is 0. The number of aromatic carboxylic acids is 1. The van der Waals surface area contributed by atoms with Crippen LogP contribution < -0.4 is 5.73 Å². The number of benzene rings is 4. The molecule has 0 aliphatic carbocycles. The summed E-state index contributed by atoms with van der Waals surface area (Å²) in [6.07, 6.45) is 3.64. The van der Waals surface area contributed by atoms with Gasteiger partial charge in [0.15, 0.2) is 0 Å². The first-order valence-corrected chi connectivity index (χ1v) is 9.11. The van der Waals surface area contributed by atoms with Gasteiger partial charge in [0.25, 0.3) is 0 Å². The maximum absolute atomic E-state index is 13.2. The molecule has 4 aromatic carbocycles. The van der Waals surface area contributed by atoms with Gasteiger partial charge >= 0.3 is 5.97 Å². The maximum atomic E-state index is 13.2. The van der Waals surface area contributed by atoms with Gasteiger partial charge in [-0.25, -0.2) is 9.18 Å². The number of halogens is 1. The lowest BCUT2D eigenvalue weighted by atomic mass is 9.98. The molecule has 4 rings (SSSR count). The molecule has 0 amide bonds. The lowest BCUT2D eigenvalue weighted by Gasteiger charge is -2.07. The summed E-state index contributed by atoms with van der Waals surface area (Å²) in [5.74, 6) is -1.32. The highest BCUT2D eigenvalue weighted by Crippen LogP contribution is 2.26. The minimum Gasteiger partial charge on any atom is -0.478 e. The van der Waals surface area contributed by atoms with Gasteiger partial charge in [-0.2, -0.15) is 0 Å². The Balaban J connectivity index is 1.74. The lowest BCUT2D eigenvalue weighted by Crippen LogP contribution is -1.99. The predicted molar refractivity (Wildman–Crippen MR) is 116 cm³/mol. The number of carboxylic acids is 1. The zero-order valence-electron chi connectivity index (χ0n) is 15.5. The van der Waals surface area contributed by atoms with Crippen molar-refractivity contribution in [3.63, 3.8) is 0 Å². The Bertz CT molecular complexity index is 1240. The molecular formula is C25H18FNO2. The van der Waals surface area contributed by atoms with Gasteiger partial charge in [0.1, 0.15) is 5.82 Å². The van der Waals surface area contributed by atoms with Crippen molar-refractivity contribution in [1.29, 1.82) is 0 Å². The summed E-state index contributed by atoms with van der Waals surface area (Å²) in [7, 11) is 0. The summed E-state index contributed by atoms with van der Waals surface area (Å²) in [6, 6.07) is 22.9. The van der Waals surface area contributed by atoms with Crippen molar-refractivity contribution in [2.45, 2.75) is 0 Å². The fourth-order valence-electron chi connectivity index (χ4n) is 3.32. The van der Waals surface area contributed by atoms with Gasteiger partial charge in [-0.05, 0) is 64.0 Å². The van der Waals surface area contributed by atoms with E-state index >= 15 is 0 Å². The minimum absolute atomic E-state index is 0.201. The van der Waals surface area contributed by atoms with Crippen LogP contribution in [0.3, 0.4) is 0 Å². The molecule has 3 nitrogen and oxygen atoms in total. The van der Waals surface area contributed by atoms with E-state index in [1.54, 1.807) is 36.4 Å². The fraction of sp³-hybridized carbons (Fsp3) is 0. The molecule has 0 bridgehead atoms. The number of carbonyl (C=O) groups is 1. The Labute approximate surface area is 167 Å². The van der Waals surface area contributed by atoms with Crippen LogP contribution in [0.5, 0.6) is 0 Å². The average molecular weight is 383 g/mol. The van der Waals surface area contributed by atoms with Crippen LogP contribution in [0, 0.1) is 5.82 Å². The molecule has 0 fully saturated rings. The number of rotatable bonds is 4. The monoisotopic (exact) mass is 383 g/mol. The van der Waals surface area contributed by atoms with Crippen LogP contribution in [0.25, 0.3) is 34.1 Å². The molecule has 0 saturated heterocycles. The summed E-state index contributed by atoms with van der Waals surface area (Å²) in [5.41, 5.74) is 10.1. The summed E-state index contributed by atoms with van der Waals surface area (Å²) < 4.78 is 13.2. The molecule has 29 heavy (non-hydrogen) atoms. The number of fused-ring (bicyclic) bond motifs is 1. The van der Waals surface area contributed by atoms with Crippen LogP contribution in [-0.2, 0) is 0 Å². The van der Waals surface area contributed by atoms with Crippen molar-refractivity contribution < 1.29 is 14.3 Å². The minimum atomic E-state index is -1.00. The Morgan fingerprint density at radius 2 is 1.62 bits per heavy atom. The molecule has 0 aromatic heterocycles. The smallest absolute Gasteiger partial charge is 0.336 e. The van der Waals surface area contributed by atoms with E-state index in [0.717, 1.165) is 27.5 Å². The molecule has 0 saturated carbocycles. The van der Waals surface area contributed by atoms with E-state index in [9.17, 15) is 14.3 Å². The molecule has 3 N–H and O–H groups in total. The van der Waals surface area contributed by atoms with Gasteiger partial charge in [0.2, 0.25) is 0 Å². The third-order valence-electron chi connectivity index (χ3n) is 4.85. The predicted octanol–water partition coefficient (Wildman–Crippen LogP) is 6.10. The van der Waals surface area contributed by atoms with Crippen LogP contribution in [0.4, 0.5) is 10.1 Å². The highest BCUT2D eigenvalue weighted by Gasteiger charge is 2.10. The number of nitrogen functional groups attached to an aromatic ring is 1. The van der Waals surface area contributed by atoms with E-state index in [1.165, 1.54) is 12.1 Å². The van der Waals surface area contributed by atoms with Crippen LogP contribution in [0.15, 0.2) is 78.9 Å². The van der Waals surface area contributed by atoms with Gasteiger partial charge < -0.3 is 10.8 Å². The molecule has 0 aliphatic rings. The van der Waals surface area contributed by atoms with E-state index in [1.807, 2.05) is 42.5 Å². The van der Waals surface area contributed by atoms with Crippen molar-refractivity contribution >= 4 is 34.6 Å². The van der Waals surface area contributed by atoms with Gasteiger partial charge in [-0.1, -0.05) is 54.6 Å². The molecule has 0 heterocycles. The van der Waals surface area contributed by atoms with E-state index < -0.39 is 5.97 Å². The second-order valence-corrected chi connectivity index (χ2v) is 6.78. The first-order chi connectivity index (χ1) is 14.0. The number of nitrogens with two attached hydrogens (primary N) is 1. The molecule has 4 aromatic rings. The van der Waals surface area contributed by atoms with E-state index in [-0.39, 0.29) is 11.4 Å². The van der Waals surface area contributed by atoms with Crippen LogP contribution in [0.2, 0.25) is 0 Å². The van der Waals surface area contributed by atoms with E-state index in [2.05, 4.69) is 0 Å². The first kappa shape index (κ1) is 18.4. The largest absolute Gasteiger partial charge is 0.478 e.